The summed E-state index contributed by atoms with van der Waals surface area (Å²) >= 11 is 1.56. The number of aryl methyl sites for hydroxylation is 1. The summed E-state index contributed by atoms with van der Waals surface area (Å²) in [5.74, 6) is -0.0791. The number of rotatable bonds is 6. The Labute approximate surface area is 158 Å². The molecule has 6 heteroatoms. The number of nitrogens with zero attached hydrogens (tertiary/aromatic N) is 2. The Bertz CT molecular complexity index is 759. The Morgan fingerprint density at radius 2 is 2.08 bits per heavy atom. The topological polar surface area (TPSA) is 62.3 Å². The first kappa shape index (κ1) is 18.6. The van der Waals surface area contributed by atoms with Gasteiger partial charge in [0.2, 0.25) is 11.8 Å². The van der Waals surface area contributed by atoms with Gasteiger partial charge in [-0.25, -0.2) is 4.98 Å². The highest BCUT2D eigenvalue weighted by molar-refractivity contribution is 7.09. The molecule has 0 aliphatic carbocycles. The van der Waals surface area contributed by atoms with Gasteiger partial charge in [0.25, 0.3) is 0 Å². The molecule has 1 aromatic heterocycles. The number of hydrogen-bond acceptors (Lipinski definition) is 4. The lowest BCUT2D eigenvalue weighted by molar-refractivity contribution is -0.143. The first-order valence-electron chi connectivity index (χ1n) is 9.17. The number of carbonyl (C=O) groups is 2. The van der Waals surface area contributed by atoms with Gasteiger partial charge in [0.15, 0.2) is 0 Å². The third-order valence-corrected chi connectivity index (χ3v) is 5.77. The largest absolute Gasteiger partial charge is 0.345 e. The smallest absolute Gasteiger partial charge is 0.248 e. The first-order chi connectivity index (χ1) is 12.6. The molecule has 1 aliphatic rings. The summed E-state index contributed by atoms with van der Waals surface area (Å²) in [5.41, 5.74) is 1.81. The van der Waals surface area contributed by atoms with Gasteiger partial charge in [-0.2, -0.15) is 0 Å². The van der Waals surface area contributed by atoms with Gasteiger partial charge in [0, 0.05) is 24.0 Å². The van der Waals surface area contributed by atoms with Gasteiger partial charge in [-0.15, -0.1) is 11.3 Å². The van der Waals surface area contributed by atoms with Crippen LogP contribution in [0, 0.1) is 6.92 Å². The van der Waals surface area contributed by atoms with Crippen LogP contribution < -0.4 is 5.32 Å². The molecule has 0 saturated carbocycles. The van der Waals surface area contributed by atoms with Gasteiger partial charge in [0.1, 0.15) is 11.0 Å². The molecule has 2 heterocycles. The number of amides is 2. The Kier molecular flexibility index (Phi) is 6.04. The molecule has 1 aliphatic heterocycles. The molecule has 0 radical (unpaired) electrons. The van der Waals surface area contributed by atoms with Crippen LogP contribution >= 0.6 is 11.3 Å². The quantitative estimate of drug-likeness (QED) is 0.841. The Morgan fingerprint density at radius 1 is 1.31 bits per heavy atom. The standard InChI is InChI=1S/C20H25N3O2S/c1-3-16(20-21-14(2)13-26-20)22-19(25)18(15-9-5-4-6-10-15)23-12-8-7-11-17(23)24/h4-6,9-10,13,16,18H,3,7-8,11-12H2,1-2H3,(H,22,25)/t16-,18+/m1/s1. The zero-order chi connectivity index (χ0) is 18.5. The van der Waals surface area contributed by atoms with Crippen LogP contribution in [0.15, 0.2) is 35.7 Å². The lowest BCUT2D eigenvalue weighted by atomic mass is 10.00. The highest BCUT2D eigenvalue weighted by Gasteiger charge is 2.33. The van der Waals surface area contributed by atoms with E-state index in [-0.39, 0.29) is 17.9 Å². The van der Waals surface area contributed by atoms with Gasteiger partial charge in [-0.1, -0.05) is 37.3 Å². The van der Waals surface area contributed by atoms with Gasteiger partial charge >= 0.3 is 0 Å². The predicted octanol–water partition coefficient (Wildman–Crippen LogP) is 3.77. The molecule has 0 bridgehead atoms. The summed E-state index contributed by atoms with van der Waals surface area (Å²) in [7, 11) is 0. The van der Waals surface area contributed by atoms with Crippen molar-refractivity contribution in [3.8, 4) is 0 Å². The lowest BCUT2D eigenvalue weighted by Crippen LogP contribution is -2.46. The van der Waals surface area contributed by atoms with Gasteiger partial charge in [-0.05, 0) is 31.7 Å². The minimum Gasteiger partial charge on any atom is -0.345 e. The monoisotopic (exact) mass is 371 g/mol. The highest BCUT2D eigenvalue weighted by Crippen LogP contribution is 2.28. The molecule has 0 unspecified atom stereocenters. The molecule has 2 amide bonds. The third-order valence-electron chi connectivity index (χ3n) is 4.69. The summed E-state index contributed by atoms with van der Waals surface area (Å²) in [6, 6.07) is 8.86. The fourth-order valence-electron chi connectivity index (χ4n) is 3.33. The average molecular weight is 372 g/mol. The molecule has 0 spiro atoms. The van der Waals surface area contributed by atoms with E-state index < -0.39 is 6.04 Å². The molecule has 1 fully saturated rings. The van der Waals surface area contributed by atoms with Gasteiger partial charge in [-0.3, -0.25) is 9.59 Å². The van der Waals surface area contributed by atoms with Crippen LogP contribution in [0.2, 0.25) is 0 Å². The number of benzene rings is 1. The SMILES string of the molecule is CC[C@@H](NC(=O)[C@H](c1ccccc1)N1CCCCC1=O)c1nc(C)cs1. The first-order valence-corrected chi connectivity index (χ1v) is 10.0. The van der Waals surface area contributed by atoms with E-state index in [0.29, 0.717) is 13.0 Å². The summed E-state index contributed by atoms with van der Waals surface area (Å²) in [4.78, 5) is 31.9. The maximum atomic E-state index is 13.2. The van der Waals surface area contributed by atoms with Crippen molar-refractivity contribution in [2.45, 2.75) is 51.6 Å². The number of nitrogens with one attached hydrogen (secondary N) is 1. The maximum absolute atomic E-state index is 13.2. The van der Waals surface area contributed by atoms with Crippen LogP contribution in [-0.4, -0.2) is 28.2 Å². The number of aromatic nitrogens is 1. The molecule has 138 valence electrons. The third kappa shape index (κ3) is 4.12. The van der Waals surface area contributed by atoms with E-state index in [9.17, 15) is 9.59 Å². The predicted molar refractivity (Wildman–Crippen MR) is 103 cm³/mol. The summed E-state index contributed by atoms with van der Waals surface area (Å²) in [6.07, 6.45) is 3.10. The zero-order valence-electron chi connectivity index (χ0n) is 15.3. The van der Waals surface area contributed by atoms with E-state index in [4.69, 9.17) is 0 Å². The van der Waals surface area contributed by atoms with Crippen molar-refractivity contribution in [3.05, 3.63) is 52.0 Å². The van der Waals surface area contributed by atoms with Crippen LogP contribution in [-0.2, 0) is 9.59 Å². The maximum Gasteiger partial charge on any atom is 0.248 e. The molecular weight excluding hydrogens is 346 g/mol. The second kappa shape index (κ2) is 8.45. The molecule has 2 atom stereocenters. The second-order valence-corrected chi connectivity index (χ2v) is 7.54. The molecule has 5 nitrogen and oxygen atoms in total. The molecule has 1 N–H and O–H groups in total. The number of likely N-dealkylation sites (tertiary alicyclic amines) is 1. The molecule has 3 rings (SSSR count). The Morgan fingerprint density at radius 3 is 2.69 bits per heavy atom. The minimum absolute atomic E-state index is 0.0541. The Balaban J connectivity index is 1.85. The van der Waals surface area contributed by atoms with E-state index in [0.717, 1.165) is 35.5 Å². The number of hydrogen-bond donors (Lipinski definition) is 1. The zero-order valence-corrected chi connectivity index (χ0v) is 16.1. The molecule has 26 heavy (non-hydrogen) atoms. The molecule has 1 aromatic carbocycles. The number of carbonyl (C=O) groups excluding carboxylic acids is 2. The highest BCUT2D eigenvalue weighted by atomic mass is 32.1. The summed E-state index contributed by atoms with van der Waals surface area (Å²) in [6.45, 7) is 4.61. The number of piperidine rings is 1. The van der Waals surface area contributed by atoms with E-state index >= 15 is 0 Å². The van der Waals surface area contributed by atoms with Gasteiger partial charge < -0.3 is 10.2 Å². The van der Waals surface area contributed by atoms with Crippen molar-refractivity contribution in [1.29, 1.82) is 0 Å². The van der Waals surface area contributed by atoms with Gasteiger partial charge in [0.05, 0.1) is 6.04 Å². The lowest BCUT2D eigenvalue weighted by Gasteiger charge is -2.34. The fourth-order valence-corrected chi connectivity index (χ4v) is 4.26. The minimum atomic E-state index is -0.584. The van der Waals surface area contributed by atoms with Crippen LogP contribution in [0.4, 0.5) is 0 Å². The van der Waals surface area contributed by atoms with Crippen molar-refractivity contribution in [2.75, 3.05) is 6.54 Å². The van der Waals surface area contributed by atoms with Crippen LogP contribution in [0.3, 0.4) is 0 Å². The van der Waals surface area contributed by atoms with Crippen molar-refractivity contribution in [2.24, 2.45) is 0 Å². The van der Waals surface area contributed by atoms with Crippen molar-refractivity contribution >= 4 is 23.2 Å². The van der Waals surface area contributed by atoms with Crippen LogP contribution in [0.25, 0.3) is 0 Å². The summed E-state index contributed by atoms with van der Waals surface area (Å²) in [5, 5.41) is 6.03. The average Bonchev–Trinajstić information content (AvgIpc) is 3.08. The Hall–Kier alpha value is -2.21. The fraction of sp³-hybridized carbons (Fsp3) is 0.450. The van der Waals surface area contributed by atoms with Crippen molar-refractivity contribution < 1.29 is 9.59 Å². The van der Waals surface area contributed by atoms with E-state index in [1.54, 1.807) is 16.2 Å². The van der Waals surface area contributed by atoms with E-state index in [1.165, 1.54) is 0 Å². The molecular formula is C20H25N3O2S. The van der Waals surface area contributed by atoms with Crippen molar-refractivity contribution in [3.63, 3.8) is 0 Å². The second-order valence-electron chi connectivity index (χ2n) is 6.65. The van der Waals surface area contributed by atoms with E-state index in [1.807, 2.05) is 49.6 Å². The molecule has 1 saturated heterocycles. The van der Waals surface area contributed by atoms with Crippen molar-refractivity contribution in [1.82, 2.24) is 15.2 Å². The molecule has 2 aromatic rings. The van der Waals surface area contributed by atoms with Crippen LogP contribution in [0.5, 0.6) is 0 Å². The van der Waals surface area contributed by atoms with Crippen LogP contribution in [0.1, 0.15) is 61.0 Å². The van der Waals surface area contributed by atoms with E-state index in [2.05, 4.69) is 10.3 Å². The normalized spacial score (nSPS) is 17.0. The number of thiazole rings is 1. The summed E-state index contributed by atoms with van der Waals surface area (Å²) < 4.78 is 0.